The molecule has 0 spiro atoms. The molecule has 84 valence electrons. The molecule has 1 aliphatic rings. The standard InChI is InChI=1S/C13H27N/c1-9(2)14-12(5)13-7-10(3)6-11(4)8-13/h9-14H,6-8H2,1-5H3. The highest BCUT2D eigenvalue weighted by atomic mass is 14.9. The zero-order chi connectivity index (χ0) is 10.7. The van der Waals surface area contributed by atoms with Gasteiger partial charge in [-0.2, -0.15) is 0 Å². The molecule has 0 aromatic rings. The zero-order valence-electron chi connectivity index (χ0n) is 10.5. The average Bonchev–Trinajstić information content (AvgIpc) is 2.00. The normalized spacial score (nSPS) is 36.0. The number of hydrogen-bond donors (Lipinski definition) is 1. The highest BCUT2D eigenvalue weighted by molar-refractivity contribution is 4.82. The first kappa shape index (κ1) is 12.0. The summed E-state index contributed by atoms with van der Waals surface area (Å²) in [5, 5.41) is 3.65. The van der Waals surface area contributed by atoms with Gasteiger partial charge < -0.3 is 5.32 Å². The van der Waals surface area contributed by atoms with Gasteiger partial charge in [-0.25, -0.2) is 0 Å². The zero-order valence-corrected chi connectivity index (χ0v) is 10.5. The number of hydrogen-bond acceptors (Lipinski definition) is 1. The van der Waals surface area contributed by atoms with E-state index in [0.29, 0.717) is 12.1 Å². The van der Waals surface area contributed by atoms with Crippen LogP contribution < -0.4 is 5.32 Å². The fourth-order valence-corrected chi connectivity index (χ4v) is 3.08. The summed E-state index contributed by atoms with van der Waals surface area (Å²) in [5.74, 6) is 2.76. The summed E-state index contributed by atoms with van der Waals surface area (Å²) in [5.41, 5.74) is 0. The molecule has 1 N–H and O–H groups in total. The minimum Gasteiger partial charge on any atom is -0.312 e. The van der Waals surface area contributed by atoms with E-state index in [9.17, 15) is 0 Å². The van der Waals surface area contributed by atoms with E-state index in [-0.39, 0.29) is 0 Å². The summed E-state index contributed by atoms with van der Waals surface area (Å²) in [6.07, 6.45) is 4.28. The number of nitrogens with one attached hydrogen (secondary N) is 1. The predicted octanol–water partition coefficient (Wildman–Crippen LogP) is 3.45. The second-order valence-corrected chi connectivity index (χ2v) is 5.79. The van der Waals surface area contributed by atoms with Gasteiger partial charge in [-0.1, -0.05) is 27.7 Å². The molecule has 1 heteroatoms. The van der Waals surface area contributed by atoms with Crippen LogP contribution in [0.4, 0.5) is 0 Å². The fraction of sp³-hybridized carbons (Fsp3) is 1.00. The summed E-state index contributed by atoms with van der Waals surface area (Å²) >= 11 is 0. The maximum atomic E-state index is 3.65. The molecule has 3 unspecified atom stereocenters. The summed E-state index contributed by atoms with van der Waals surface area (Å²) in [6, 6.07) is 1.32. The third-order valence-electron chi connectivity index (χ3n) is 3.52. The Labute approximate surface area is 89.7 Å². The maximum absolute atomic E-state index is 3.65. The monoisotopic (exact) mass is 197 g/mol. The van der Waals surface area contributed by atoms with E-state index in [2.05, 4.69) is 39.9 Å². The van der Waals surface area contributed by atoms with Gasteiger partial charge in [-0.3, -0.25) is 0 Å². The van der Waals surface area contributed by atoms with Crippen LogP contribution >= 0.6 is 0 Å². The quantitative estimate of drug-likeness (QED) is 0.731. The molecule has 14 heavy (non-hydrogen) atoms. The number of rotatable bonds is 3. The van der Waals surface area contributed by atoms with Gasteiger partial charge in [-0.05, 0) is 43.9 Å². The molecule has 0 aliphatic heterocycles. The lowest BCUT2D eigenvalue weighted by atomic mass is 9.74. The Morgan fingerprint density at radius 3 is 1.86 bits per heavy atom. The molecule has 1 nitrogen and oxygen atoms in total. The molecule has 0 heterocycles. The summed E-state index contributed by atoms with van der Waals surface area (Å²) in [6.45, 7) is 11.7. The van der Waals surface area contributed by atoms with E-state index in [4.69, 9.17) is 0 Å². The van der Waals surface area contributed by atoms with Crippen LogP contribution in [0.2, 0.25) is 0 Å². The van der Waals surface area contributed by atoms with Crippen molar-refractivity contribution in [1.82, 2.24) is 5.32 Å². The molecule has 0 bridgehead atoms. The molecule has 0 aromatic heterocycles. The smallest absolute Gasteiger partial charge is 0.00695 e. The first-order valence-corrected chi connectivity index (χ1v) is 6.25. The third-order valence-corrected chi connectivity index (χ3v) is 3.52. The van der Waals surface area contributed by atoms with E-state index >= 15 is 0 Å². The van der Waals surface area contributed by atoms with Crippen molar-refractivity contribution in [3.8, 4) is 0 Å². The summed E-state index contributed by atoms with van der Waals surface area (Å²) in [4.78, 5) is 0. The maximum Gasteiger partial charge on any atom is 0.00695 e. The lowest BCUT2D eigenvalue weighted by Gasteiger charge is -2.36. The highest BCUT2D eigenvalue weighted by Gasteiger charge is 2.27. The van der Waals surface area contributed by atoms with Crippen molar-refractivity contribution in [2.45, 2.75) is 66.0 Å². The van der Waals surface area contributed by atoms with Crippen LogP contribution in [-0.4, -0.2) is 12.1 Å². The van der Waals surface area contributed by atoms with Gasteiger partial charge in [0.15, 0.2) is 0 Å². The minimum atomic E-state index is 0.623. The van der Waals surface area contributed by atoms with Crippen LogP contribution in [0.3, 0.4) is 0 Å². The average molecular weight is 197 g/mol. The van der Waals surface area contributed by atoms with Crippen molar-refractivity contribution in [1.29, 1.82) is 0 Å². The van der Waals surface area contributed by atoms with Gasteiger partial charge in [0.2, 0.25) is 0 Å². The van der Waals surface area contributed by atoms with Gasteiger partial charge in [0.05, 0.1) is 0 Å². The molecule has 1 fully saturated rings. The Hall–Kier alpha value is -0.0400. The van der Waals surface area contributed by atoms with E-state index in [1.165, 1.54) is 19.3 Å². The molecule has 0 radical (unpaired) electrons. The first-order chi connectivity index (χ1) is 6.49. The second-order valence-electron chi connectivity index (χ2n) is 5.79. The topological polar surface area (TPSA) is 12.0 Å². The first-order valence-electron chi connectivity index (χ1n) is 6.25. The summed E-state index contributed by atoms with van der Waals surface area (Å²) < 4.78 is 0. The van der Waals surface area contributed by atoms with Gasteiger partial charge in [0.1, 0.15) is 0 Å². The lowest BCUT2D eigenvalue weighted by Crippen LogP contribution is -2.40. The van der Waals surface area contributed by atoms with Crippen molar-refractivity contribution in [2.24, 2.45) is 17.8 Å². The Morgan fingerprint density at radius 2 is 1.43 bits per heavy atom. The van der Waals surface area contributed by atoms with Crippen LogP contribution in [0.5, 0.6) is 0 Å². The molecule has 1 aliphatic carbocycles. The van der Waals surface area contributed by atoms with Crippen molar-refractivity contribution in [3.63, 3.8) is 0 Å². The Bertz CT molecular complexity index is 155. The molecular weight excluding hydrogens is 170 g/mol. The van der Waals surface area contributed by atoms with Crippen molar-refractivity contribution < 1.29 is 0 Å². The second kappa shape index (κ2) is 5.16. The van der Waals surface area contributed by atoms with Crippen LogP contribution in [0.25, 0.3) is 0 Å². The van der Waals surface area contributed by atoms with E-state index in [1.807, 2.05) is 0 Å². The van der Waals surface area contributed by atoms with Crippen molar-refractivity contribution in [2.75, 3.05) is 0 Å². The Morgan fingerprint density at radius 1 is 0.929 bits per heavy atom. The predicted molar refractivity (Wildman–Crippen MR) is 63.4 cm³/mol. The van der Waals surface area contributed by atoms with E-state index in [0.717, 1.165) is 17.8 Å². The summed E-state index contributed by atoms with van der Waals surface area (Å²) in [7, 11) is 0. The van der Waals surface area contributed by atoms with Crippen LogP contribution in [0.1, 0.15) is 53.9 Å². The lowest BCUT2D eigenvalue weighted by molar-refractivity contribution is 0.178. The van der Waals surface area contributed by atoms with Gasteiger partial charge in [0, 0.05) is 12.1 Å². The van der Waals surface area contributed by atoms with Gasteiger partial charge in [0.25, 0.3) is 0 Å². The minimum absolute atomic E-state index is 0.623. The molecule has 1 rings (SSSR count). The molecule has 0 saturated heterocycles. The Kier molecular flexibility index (Phi) is 4.43. The highest BCUT2D eigenvalue weighted by Crippen LogP contribution is 2.34. The van der Waals surface area contributed by atoms with Gasteiger partial charge >= 0.3 is 0 Å². The fourth-order valence-electron chi connectivity index (χ4n) is 3.08. The molecule has 1 saturated carbocycles. The van der Waals surface area contributed by atoms with E-state index in [1.54, 1.807) is 0 Å². The van der Waals surface area contributed by atoms with Crippen molar-refractivity contribution >= 4 is 0 Å². The molecular formula is C13H27N. The Balaban J connectivity index is 2.42. The SMILES string of the molecule is CC1CC(C)CC(C(C)NC(C)C)C1. The molecule has 3 atom stereocenters. The van der Waals surface area contributed by atoms with Gasteiger partial charge in [-0.15, -0.1) is 0 Å². The van der Waals surface area contributed by atoms with Crippen LogP contribution in [-0.2, 0) is 0 Å². The molecule has 0 amide bonds. The van der Waals surface area contributed by atoms with Crippen molar-refractivity contribution in [3.05, 3.63) is 0 Å². The van der Waals surface area contributed by atoms with Crippen LogP contribution in [0.15, 0.2) is 0 Å². The van der Waals surface area contributed by atoms with E-state index < -0.39 is 0 Å². The third kappa shape index (κ3) is 3.61. The largest absolute Gasteiger partial charge is 0.312 e. The molecule has 0 aromatic carbocycles. The van der Waals surface area contributed by atoms with Crippen LogP contribution in [0, 0.1) is 17.8 Å².